The van der Waals surface area contributed by atoms with Gasteiger partial charge >= 0.3 is 0 Å². The summed E-state index contributed by atoms with van der Waals surface area (Å²) >= 11 is 5.95. The number of likely N-dealkylation sites (tertiary alicyclic amines) is 1. The zero-order valence-electron chi connectivity index (χ0n) is 14.5. The molecule has 2 aromatic rings. The molecule has 1 atom stereocenters. The Balaban J connectivity index is 1.70. The molecule has 1 aromatic heterocycles. The summed E-state index contributed by atoms with van der Waals surface area (Å²) in [6.07, 6.45) is 2.85. The Kier molecular flexibility index (Phi) is 6.05. The van der Waals surface area contributed by atoms with Crippen LogP contribution in [0.5, 0.6) is 0 Å². The van der Waals surface area contributed by atoms with Crippen LogP contribution in [0.15, 0.2) is 42.5 Å². The van der Waals surface area contributed by atoms with Crippen molar-refractivity contribution >= 4 is 17.5 Å². The maximum atomic E-state index is 12.1. The zero-order valence-corrected chi connectivity index (χ0v) is 15.2. The van der Waals surface area contributed by atoms with Crippen molar-refractivity contribution in [3.05, 3.63) is 64.4 Å². The summed E-state index contributed by atoms with van der Waals surface area (Å²) in [4.78, 5) is 18.8. The van der Waals surface area contributed by atoms with Crippen molar-refractivity contribution in [3.8, 4) is 0 Å². The van der Waals surface area contributed by atoms with Gasteiger partial charge in [0, 0.05) is 48.9 Å². The van der Waals surface area contributed by atoms with Crippen LogP contribution < -0.4 is 0 Å². The van der Waals surface area contributed by atoms with Crippen molar-refractivity contribution in [2.75, 3.05) is 26.8 Å². The average molecular weight is 359 g/mol. The summed E-state index contributed by atoms with van der Waals surface area (Å²) in [5.41, 5.74) is 3.30. The van der Waals surface area contributed by atoms with E-state index in [1.807, 2.05) is 29.2 Å². The molecule has 1 aromatic carbocycles. The van der Waals surface area contributed by atoms with Gasteiger partial charge in [0.25, 0.3) is 0 Å². The van der Waals surface area contributed by atoms with Crippen molar-refractivity contribution in [1.29, 1.82) is 0 Å². The van der Waals surface area contributed by atoms with E-state index in [1.54, 1.807) is 7.11 Å². The second-order valence-electron chi connectivity index (χ2n) is 6.47. The molecule has 0 bridgehead atoms. The van der Waals surface area contributed by atoms with E-state index in [1.165, 1.54) is 5.56 Å². The number of aromatic nitrogens is 1. The lowest BCUT2D eigenvalue weighted by Crippen LogP contribution is -2.41. The molecule has 1 fully saturated rings. The van der Waals surface area contributed by atoms with Crippen molar-refractivity contribution in [2.45, 2.75) is 25.2 Å². The molecular weight excluding hydrogens is 336 g/mol. The molecule has 0 N–H and O–H groups in total. The number of pyridine rings is 1. The highest BCUT2D eigenvalue weighted by Crippen LogP contribution is 2.26. The number of nitrogens with zero attached hydrogens (tertiary/aromatic N) is 2. The standard InChI is InChI=1S/C20H23ClN2O2/c1-25-14-20(24)23-11-3-4-16(13-23)19-6-2-5-18(22-19)12-15-7-9-17(21)10-8-15/h2,5-10,16H,3-4,11-14H2,1H3. The Morgan fingerprint density at radius 3 is 2.84 bits per heavy atom. The molecule has 25 heavy (non-hydrogen) atoms. The number of benzene rings is 1. The molecule has 1 saturated heterocycles. The monoisotopic (exact) mass is 358 g/mol. The quantitative estimate of drug-likeness (QED) is 0.818. The van der Waals surface area contributed by atoms with Gasteiger partial charge in [0.05, 0.1) is 0 Å². The lowest BCUT2D eigenvalue weighted by Gasteiger charge is -2.32. The van der Waals surface area contributed by atoms with Crippen LogP contribution in [0.2, 0.25) is 5.02 Å². The van der Waals surface area contributed by atoms with Gasteiger partial charge in [-0.15, -0.1) is 0 Å². The zero-order chi connectivity index (χ0) is 17.6. The summed E-state index contributed by atoms with van der Waals surface area (Å²) in [5, 5.41) is 0.744. The number of carbonyl (C=O) groups excluding carboxylic acids is 1. The van der Waals surface area contributed by atoms with Crippen molar-refractivity contribution in [1.82, 2.24) is 9.88 Å². The molecule has 132 valence electrons. The molecule has 1 aliphatic heterocycles. The van der Waals surface area contributed by atoms with Gasteiger partial charge in [0.15, 0.2) is 0 Å². The number of hydrogen-bond donors (Lipinski definition) is 0. The number of amides is 1. The van der Waals surface area contributed by atoms with Gasteiger partial charge in [-0.25, -0.2) is 0 Å². The van der Waals surface area contributed by atoms with Crippen LogP contribution >= 0.6 is 11.6 Å². The number of methoxy groups -OCH3 is 1. The lowest BCUT2D eigenvalue weighted by atomic mass is 9.94. The second-order valence-corrected chi connectivity index (χ2v) is 6.91. The van der Waals surface area contributed by atoms with E-state index in [0.717, 1.165) is 48.8 Å². The Bertz CT molecular complexity index is 718. The van der Waals surface area contributed by atoms with E-state index in [0.29, 0.717) is 5.92 Å². The molecule has 0 saturated carbocycles. The van der Waals surface area contributed by atoms with Crippen LogP contribution in [0, 0.1) is 0 Å². The lowest BCUT2D eigenvalue weighted by molar-refractivity contribution is -0.136. The fourth-order valence-corrected chi connectivity index (χ4v) is 3.42. The number of rotatable bonds is 5. The molecule has 0 aliphatic carbocycles. The van der Waals surface area contributed by atoms with Crippen LogP contribution in [0.4, 0.5) is 0 Å². The smallest absolute Gasteiger partial charge is 0.248 e. The first-order valence-electron chi connectivity index (χ1n) is 8.62. The largest absolute Gasteiger partial charge is 0.375 e. The molecule has 1 amide bonds. The van der Waals surface area contributed by atoms with E-state index in [2.05, 4.69) is 18.2 Å². The summed E-state index contributed by atoms with van der Waals surface area (Å²) in [7, 11) is 1.56. The second kappa shape index (κ2) is 8.45. The van der Waals surface area contributed by atoms with Gasteiger partial charge in [-0.1, -0.05) is 29.8 Å². The first kappa shape index (κ1) is 17.9. The SMILES string of the molecule is COCC(=O)N1CCCC(c2cccc(Cc3ccc(Cl)cc3)n2)C1. The minimum Gasteiger partial charge on any atom is -0.375 e. The third kappa shape index (κ3) is 4.80. The van der Waals surface area contributed by atoms with E-state index in [-0.39, 0.29) is 12.5 Å². The van der Waals surface area contributed by atoms with Crippen molar-refractivity contribution < 1.29 is 9.53 Å². The highest BCUT2D eigenvalue weighted by molar-refractivity contribution is 6.30. The maximum Gasteiger partial charge on any atom is 0.248 e. The van der Waals surface area contributed by atoms with Gasteiger partial charge < -0.3 is 9.64 Å². The first-order chi connectivity index (χ1) is 12.2. The van der Waals surface area contributed by atoms with E-state index >= 15 is 0 Å². The third-order valence-corrected chi connectivity index (χ3v) is 4.84. The number of halogens is 1. The van der Waals surface area contributed by atoms with Crippen LogP contribution in [-0.4, -0.2) is 42.6 Å². The average Bonchev–Trinajstić information content (AvgIpc) is 2.64. The first-order valence-corrected chi connectivity index (χ1v) is 9.00. The van der Waals surface area contributed by atoms with Gasteiger partial charge in [-0.3, -0.25) is 9.78 Å². The number of piperidine rings is 1. The Hall–Kier alpha value is -1.91. The summed E-state index contributed by atoms with van der Waals surface area (Å²) in [6, 6.07) is 14.0. The van der Waals surface area contributed by atoms with Gasteiger partial charge in [0.1, 0.15) is 6.61 Å². The molecule has 1 aliphatic rings. The molecule has 0 radical (unpaired) electrons. The number of carbonyl (C=O) groups is 1. The molecule has 5 heteroatoms. The highest BCUT2D eigenvalue weighted by Gasteiger charge is 2.25. The topological polar surface area (TPSA) is 42.4 Å². The van der Waals surface area contributed by atoms with Crippen molar-refractivity contribution in [3.63, 3.8) is 0 Å². The fourth-order valence-electron chi connectivity index (χ4n) is 3.30. The molecule has 4 nitrogen and oxygen atoms in total. The van der Waals surface area contributed by atoms with E-state index < -0.39 is 0 Å². The summed E-state index contributed by atoms with van der Waals surface area (Å²) in [6.45, 7) is 1.68. The van der Waals surface area contributed by atoms with Crippen molar-refractivity contribution in [2.24, 2.45) is 0 Å². The van der Waals surface area contributed by atoms with E-state index in [9.17, 15) is 4.79 Å². The van der Waals surface area contributed by atoms with Crippen LogP contribution in [0.1, 0.15) is 35.7 Å². The Morgan fingerprint density at radius 1 is 1.28 bits per heavy atom. The van der Waals surface area contributed by atoms with E-state index in [4.69, 9.17) is 21.3 Å². The minimum atomic E-state index is 0.0597. The van der Waals surface area contributed by atoms with Crippen LogP contribution in [0.25, 0.3) is 0 Å². The molecule has 1 unspecified atom stereocenters. The highest BCUT2D eigenvalue weighted by atomic mass is 35.5. The van der Waals surface area contributed by atoms with Gasteiger partial charge in [-0.2, -0.15) is 0 Å². The fraction of sp³-hybridized carbons (Fsp3) is 0.400. The normalized spacial score (nSPS) is 17.5. The Morgan fingerprint density at radius 2 is 2.08 bits per heavy atom. The Labute approximate surface area is 153 Å². The maximum absolute atomic E-state index is 12.1. The molecular formula is C20H23ClN2O2. The molecule has 2 heterocycles. The predicted octanol–water partition coefficient (Wildman–Crippen LogP) is 3.68. The van der Waals surface area contributed by atoms with Crippen LogP contribution in [-0.2, 0) is 16.0 Å². The van der Waals surface area contributed by atoms with Gasteiger partial charge in [-0.05, 0) is 42.7 Å². The number of hydrogen-bond acceptors (Lipinski definition) is 3. The number of ether oxygens (including phenoxy) is 1. The third-order valence-electron chi connectivity index (χ3n) is 4.59. The summed E-state index contributed by atoms with van der Waals surface area (Å²) in [5.74, 6) is 0.351. The van der Waals surface area contributed by atoms with Gasteiger partial charge in [0.2, 0.25) is 5.91 Å². The predicted molar refractivity (Wildman–Crippen MR) is 98.9 cm³/mol. The van der Waals surface area contributed by atoms with Crippen LogP contribution in [0.3, 0.4) is 0 Å². The molecule has 0 spiro atoms. The molecule has 3 rings (SSSR count). The minimum absolute atomic E-state index is 0.0597. The summed E-state index contributed by atoms with van der Waals surface area (Å²) < 4.78 is 4.98.